The average Bonchev–Trinajstić information content (AvgIpc) is 2.63. The van der Waals surface area contributed by atoms with Crippen molar-refractivity contribution in [2.24, 2.45) is 0 Å². The van der Waals surface area contributed by atoms with Gasteiger partial charge in [-0.2, -0.15) is 0 Å². The molecule has 0 bridgehead atoms. The maximum Gasteiger partial charge on any atom is 0.0784 e. The zero-order valence-corrected chi connectivity index (χ0v) is 10.7. The van der Waals surface area contributed by atoms with E-state index in [2.05, 4.69) is 12.2 Å². The molecule has 0 spiro atoms. The number of aliphatic hydroxyl groups excluding tert-OH is 1. The molecule has 0 saturated heterocycles. The number of nitrogens with one attached hydrogen (secondary N) is 1. The maximum atomic E-state index is 9.46. The van der Waals surface area contributed by atoms with Crippen LogP contribution in [0, 0.1) is 0 Å². The number of methoxy groups -OCH3 is 1. The van der Waals surface area contributed by atoms with Crippen molar-refractivity contribution in [3.8, 4) is 0 Å². The lowest BCUT2D eigenvalue weighted by atomic mass is 9.99. The molecule has 2 N–H and O–H groups in total. The van der Waals surface area contributed by atoms with Gasteiger partial charge in [-0.15, -0.1) is 0 Å². The van der Waals surface area contributed by atoms with Crippen LogP contribution in [0.25, 0.3) is 0 Å². The minimum atomic E-state index is -0.119. The fourth-order valence-corrected chi connectivity index (χ4v) is 2.53. The van der Waals surface area contributed by atoms with Crippen LogP contribution in [0.2, 0.25) is 0 Å². The number of ether oxygens (including phenoxy) is 2. The lowest BCUT2D eigenvalue weighted by Crippen LogP contribution is -2.46. The Labute approximate surface area is 98.3 Å². The van der Waals surface area contributed by atoms with Crippen molar-refractivity contribution in [3.05, 3.63) is 0 Å². The van der Waals surface area contributed by atoms with Gasteiger partial charge in [0.2, 0.25) is 0 Å². The minimum Gasteiger partial charge on any atom is -0.394 e. The van der Waals surface area contributed by atoms with Crippen LogP contribution in [0.15, 0.2) is 0 Å². The third kappa shape index (κ3) is 3.70. The van der Waals surface area contributed by atoms with E-state index in [1.54, 1.807) is 7.11 Å². The predicted molar refractivity (Wildman–Crippen MR) is 63.6 cm³/mol. The van der Waals surface area contributed by atoms with Crippen molar-refractivity contribution in [2.75, 3.05) is 26.9 Å². The Morgan fingerprint density at radius 2 is 2.31 bits per heavy atom. The first-order valence-electron chi connectivity index (χ1n) is 6.16. The van der Waals surface area contributed by atoms with Crippen molar-refractivity contribution in [3.63, 3.8) is 0 Å². The van der Waals surface area contributed by atoms with Gasteiger partial charge in [-0.3, -0.25) is 0 Å². The molecule has 1 saturated carbocycles. The fourth-order valence-electron chi connectivity index (χ4n) is 2.53. The molecule has 1 fully saturated rings. The van der Waals surface area contributed by atoms with Gasteiger partial charge in [0.05, 0.1) is 25.4 Å². The van der Waals surface area contributed by atoms with Gasteiger partial charge in [0.15, 0.2) is 0 Å². The molecule has 1 rings (SSSR count). The Morgan fingerprint density at radius 3 is 2.88 bits per heavy atom. The molecule has 0 amide bonds. The van der Waals surface area contributed by atoms with Gasteiger partial charge in [0.25, 0.3) is 0 Å². The quantitative estimate of drug-likeness (QED) is 0.684. The van der Waals surface area contributed by atoms with Crippen molar-refractivity contribution >= 4 is 0 Å². The Morgan fingerprint density at radius 1 is 1.56 bits per heavy atom. The van der Waals surface area contributed by atoms with E-state index in [1.165, 1.54) is 0 Å². The van der Waals surface area contributed by atoms with Crippen molar-refractivity contribution in [1.29, 1.82) is 0 Å². The molecule has 1 aliphatic rings. The highest BCUT2D eigenvalue weighted by atomic mass is 16.5. The Kier molecular flexibility index (Phi) is 5.69. The second-order valence-corrected chi connectivity index (χ2v) is 4.74. The number of hydrogen-bond donors (Lipinski definition) is 2. The van der Waals surface area contributed by atoms with Crippen LogP contribution in [0.5, 0.6) is 0 Å². The van der Waals surface area contributed by atoms with Crippen LogP contribution >= 0.6 is 0 Å². The summed E-state index contributed by atoms with van der Waals surface area (Å²) in [5, 5.41) is 12.8. The number of rotatable bonds is 7. The average molecular weight is 231 g/mol. The van der Waals surface area contributed by atoms with Gasteiger partial charge in [-0.1, -0.05) is 6.92 Å². The minimum absolute atomic E-state index is 0.119. The molecule has 0 aromatic carbocycles. The molecule has 96 valence electrons. The highest BCUT2D eigenvalue weighted by molar-refractivity contribution is 4.96. The summed E-state index contributed by atoms with van der Waals surface area (Å²) in [6, 6.07) is 0. The van der Waals surface area contributed by atoms with E-state index in [0.29, 0.717) is 6.61 Å². The van der Waals surface area contributed by atoms with Gasteiger partial charge in [0, 0.05) is 12.6 Å². The first kappa shape index (κ1) is 13.9. The van der Waals surface area contributed by atoms with Crippen LogP contribution < -0.4 is 5.32 Å². The fraction of sp³-hybridized carbons (Fsp3) is 1.00. The molecule has 16 heavy (non-hydrogen) atoms. The summed E-state index contributed by atoms with van der Waals surface area (Å²) >= 11 is 0. The first-order valence-corrected chi connectivity index (χ1v) is 6.16. The van der Waals surface area contributed by atoms with Crippen molar-refractivity contribution in [2.45, 2.75) is 50.9 Å². The summed E-state index contributed by atoms with van der Waals surface area (Å²) in [6.07, 6.45) is 3.27. The summed E-state index contributed by atoms with van der Waals surface area (Å²) in [6.45, 7) is 5.80. The van der Waals surface area contributed by atoms with Crippen LogP contribution in [0.3, 0.4) is 0 Å². The summed E-state index contributed by atoms with van der Waals surface area (Å²) in [5.74, 6) is 0. The zero-order valence-electron chi connectivity index (χ0n) is 10.7. The normalized spacial score (nSPS) is 31.9. The zero-order chi connectivity index (χ0) is 12.0. The molecule has 0 aliphatic heterocycles. The van der Waals surface area contributed by atoms with E-state index >= 15 is 0 Å². The third-order valence-corrected chi connectivity index (χ3v) is 3.24. The molecule has 0 heterocycles. The van der Waals surface area contributed by atoms with E-state index < -0.39 is 0 Å². The smallest absolute Gasteiger partial charge is 0.0784 e. The monoisotopic (exact) mass is 231 g/mol. The van der Waals surface area contributed by atoms with Crippen LogP contribution in [-0.2, 0) is 9.47 Å². The van der Waals surface area contributed by atoms with Gasteiger partial charge < -0.3 is 19.9 Å². The molecule has 0 radical (unpaired) electrons. The van der Waals surface area contributed by atoms with Crippen LogP contribution in [0.4, 0.5) is 0 Å². The highest BCUT2D eigenvalue weighted by Gasteiger charge is 2.38. The second kappa shape index (κ2) is 6.55. The molecule has 0 aromatic heterocycles. The van der Waals surface area contributed by atoms with Crippen LogP contribution in [-0.4, -0.2) is 49.7 Å². The Hall–Kier alpha value is -0.160. The second-order valence-electron chi connectivity index (χ2n) is 4.74. The molecule has 3 unspecified atom stereocenters. The number of likely N-dealkylation sites (N-methyl/N-ethyl adjacent to an activating group) is 1. The SMILES string of the molecule is CCNC1(CO)CCC(OC(C)COC)C1. The topological polar surface area (TPSA) is 50.7 Å². The lowest BCUT2D eigenvalue weighted by Gasteiger charge is -2.28. The van der Waals surface area contributed by atoms with E-state index in [1.807, 2.05) is 6.92 Å². The number of hydrogen-bond acceptors (Lipinski definition) is 4. The third-order valence-electron chi connectivity index (χ3n) is 3.24. The van der Waals surface area contributed by atoms with Gasteiger partial charge in [0.1, 0.15) is 0 Å². The lowest BCUT2D eigenvalue weighted by molar-refractivity contribution is -0.0393. The molecule has 4 heteroatoms. The summed E-state index contributed by atoms with van der Waals surface area (Å²) in [7, 11) is 1.69. The Balaban J connectivity index is 2.38. The molecule has 3 atom stereocenters. The van der Waals surface area contributed by atoms with E-state index in [9.17, 15) is 5.11 Å². The molecule has 4 nitrogen and oxygen atoms in total. The van der Waals surface area contributed by atoms with E-state index in [-0.39, 0.29) is 24.4 Å². The molecular formula is C12H25NO3. The molecule has 0 aromatic rings. The molecular weight excluding hydrogens is 206 g/mol. The van der Waals surface area contributed by atoms with E-state index in [4.69, 9.17) is 9.47 Å². The van der Waals surface area contributed by atoms with Gasteiger partial charge >= 0.3 is 0 Å². The maximum absolute atomic E-state index is 9.46. The van der Waals surface area contributed by atoms with Crippen molar-refractivity contribution in [1.82, 2.24) is 5.32 Å². The van der Waals surface area contributed by atoms with E-state index in [0.717, 1.165) is 25.8 Å². The summed E-state index contributed by atoms with van der Waals surface area (Å²) in [5.41, 5.74) is -0.119. The highest BCUT2D eigenvalue weighted by Crippen LogP contribution is 2.32. The number of aliphatic hydroxyl groups is 1. The predicted octanol–water partition coefficient (Wildman–Crippen LogP) is 0.931. The van der Waals surface area contributed by atoms with Gasteiger partial charge in [-0.05, 0) is 32.7 Å². The summed E-state index contributed by atoms with van der Waals surface area (Å²) < 4.78 is 10.9. The van der Waals surface area contributed by atoms with Gasteiger partial charge in [-0.25, -0.2) is 0 Å². The standard InChI is InChI=1S/C12H25NO3/c1-4-13-12(9-14)6-5-11(7-12)16-10(2)8-15-3/h10-11,13-14H,4-9H2,1-3H3. The van der Waals surface area contributed by atoms with Crippen molar-refractivity contribution < 1.29 is 14.6 Å². The largest absolute Gasteiger partial charge is 0.394 e. The molecule has 1 aliphatic carbocycles. The van der Waals surface area contributed by atoms with Crippen LogP contribution in [0.1, 0.15) is 33.1 Å². The summed E-state index contributed by atoms with van der Waals surface area (Å²) in [4.78, 5) is 0. The Bertz CT molecular complexity index is 201. The first-order chi connectivity index (χ1) is 7.65.